The minimum atomic E-state index is -4.29. The number of aryl methyl sites for hydroxylation is 1. The van der Waals surface area contributed by atoms with Gasteiger partial charge in [-0.3, -0.25) is 0 Å². The average molecular weight is 320 g/mol. The van der Waals surface area contributed by atoms with Crippen LogP contribution in [-0.2, 0) is 12.8 Å². The second kappa shape index (κ2) is 5.57. The molecule has 1 aromatic rings. The first-order chi connectivity index (χ1) is 6.04. The van der Waals surface area contributed by atoms with E-state index in [9.17, 15) is 13.2 Å². The molecule has 0 amide bonds. The van der Waals surface area contributed by atoms with Crippen LogP contribution in [0.5, 0.6) is 0 Å². The molecule has 1 aromatic heterocycles. The van der Waals surface area contributed by atoms with Crippen molar-refractivity contribution in [1.82, 2.24) is 4.57 Å². The Bertz CT molecular complexity index is 270. The molecule has 0 radical (unpaired) electrons. The third-order valence-corrected chi connectivity index (χ3v) is 1.75. The van der Waals surface area contributed by atoms with Crippen molar-refractivity contribution in [1.29, 1.82) is 0 Å². The lowest BCUT2D eigenvalue weighted by atomic mass is 10.3. The van der Waals surface area contributed by atoms with E-state index in [0.29, 0.717) is 6.54 Å². The molecule has 0 aliphatic carbocycles. The smallest absolute Gasteiger partial charge is 0.567 e. The van der Waals surface area contributed by atoms with Crippen LogP contribution < -0.4 is 28.5 Å². The fourth-order valence-corrected chi connectivity index (χ4v) is 1.02. The van der Waals surface area contributed by atoms with E-state index in [0.717, 1.165) is 25.4 Å². The first-order valence-corrected chi connectivity index (χ1v) is 4.18. The molecule has 0 atom stereocenters. The summed E-state index contributed by atoms with van der Waals surface area (Å²) in [6.07, 6.45) is 1.10. The van der Waals surface area contributed by atoms with Crippen molar-refractivity contribution in [2.45, 2.75) is 32.6 Å². The van der Waals surface area contributed by atoms with Gasteiger partial charge in [0.05, 0.1) is 6.54 Å². The van der Waals surface area contributed by atoms with Gasteiger partial charge in [0.2, 0.25) is 0 Å². The minimum absolute atomic E-state index is 0. The minimum Gasteiger partial charge on any atom is -1.00 e. The molecule has 0 fully saturated rings. The van der Waals surface area contributed by atoms with Crippen LogP contribution in [0.25, 0.3) is 0 Å². The van der Waals surface area contributed by atoms with Gasteiger partial charge in [-0.25, -0.2) is 4.57 Å². The van der Waals surface area contributed by atoms with Crippen LogP contribution >= 0.6 is 0 Å². The molecule has 0 saturated carbocycles. The van der Waals surface area contributed by atoms with Crippen molar-refractivity contribution >= 4 is 0 Å². The summed E-state index contributed by atoms with van der Waals surface area (Å²) in [5, 5.41) is 0. The Morgan fingerprint density at radius 2 is 2.00 bits per heavy atom. The van der Waals surface area contributed by atoms with Crippen LogP contribution in [0, 0.1) is 0 Å². The molecule has 0 spiro atoms. The Hall–Kier alpha value is -0.270. The van der Waals surface area contributed by atoms with Gasteiger partial charge < -0.3 is 24.0 Å². The number of rotatable bonds is 3. The largest absolute Gasteiger partial charge is 1.00 e. The summed E-state index contributed by atoms with van der Waals surface area (Å²) in [4.78, 5) is 0. The van der Waals surface area contributed by atoms with Crippen molar-refractivity contribution < 1.29 is 41.7 Å². The Balaban J connectivity index is 0.00000169. The first kappa shape index (κ1) is 13.7. The monoisotopic (exact) mass is 320 g/mol. The normalized spacial score (nSPS) is 11.1. The van der Waals surface area contributed by atoms with Crippen molar-refractivity contribution in [3.05, 3.63) is 18.7 Å². The van der Waals surface area contributed by atoms with Gasteiger partial charge in [-0.05, 0) is 6.42 Å². The molecule has 2 nitrogen and oxygen atoms in total. The van der Waals surface area contributed by atoms with Crippen LogP contribution in [0.4, 0.5) is 13.2 Å². The summed E-state index contributed by atoms with van der Waals surface area (Å²) in [5.41, 5.74) is 0. The van der Waals surface area contributed by atoms with Crippen LogP contribution in [0.1, 0.15) is 19.8 Å². The maximum Gasteiger partial charge on any atom is 0.567 e. The van der Waals surface area contributed by atoms with Gasteiger partial charge in [0, 0.05) is 0 Å². The molecule has 1 rings (SSSR count). The topological polar surface area (TPSA) is 8.81 Å². The molecule has 0 unspecified atom stereocenters. The van der Waals surface area contributed by atoms with Crippen LogP contribution in [0.15, 0.2) is 18.7 Å². The summed E-state index contributed by atoms with van der Waals surface area (Å²) in [7, 11) is 0. The number of halogens is 4. The zero-order valence-corrected chi connectivity index (χ0v) is 9.92. The zero-order chi connectivity index (χ0) is 9.90. The second-order valence-corrected chi connectivity index (χ2v) is 2.88. The van der Waals surface area contributed by atoms with Gasteiger partial charge in [-0.2, -0.15) is 0 Å². The van der Waals surface area contributed by atoms with E-state index >= 15 is 0 Å². The standard InChI is InChI=1S/C8H12F3N2.HI/c1-2-3-4-12-5-6-13(7-12)8(9,10)11;/h5-7H,2-4H2,1H3;1H/q+1;/p-1. The third kappa shape index (κ3) is 3.85. The maximum atomic E-state index is 12.1. The summed E-state index contributed by atoms with van der Waals surface area (Å²) in [5.74, 6) is 0. The van der Waals surface area contributed by atoms with Crippen LogP contribution in [0.2, 0.25) is 0 Å². The van der Waals surface area contributed by atoms with Crippen molar-refractivity contribution in [2.24, 2.45) is 0 Å². The molecule has 0 N–H and O–H groups in total. The highest BCUT2D eigenvalue weighted by molar-refractivity contribution is 4.68. The predicted octanol–water partition coefficient (Wildman–Crippen LogP) is -0.944. The predicted molar refractivity (Wildman–Crippen MR) is 40.8 cm³/mol. The summed E-state index contributed by atoms with van der Waals surface area (Å²) in [6, 6.07) is 0. The molecular weight excluding hydrogens is 308 g/mol. The number of unbranched alkanes of at least 4 members (excludes halogenated alkanes) is 1. The third-order valence-electron chi connectivity index (χ3n) is 1.75. The fraction of sp³-hybridized carbons (Fsp3) is 0.625. The van der Waals surface area contributed by atoms with Gasteiger partial charge in [-0.15, -0.1) is 17.7 Å². The van der Waals surface area contributed by atoms with E-state index in [1.807, 2.05) is 6.92 Å². The Morgan fingerprint density at radius 1 is 1.36 bits per heavy atom. The van der Waals surface area contributed by atoms with E-state index in [4.69, 9.17) is 0 Å². The van der Waals surface area contributed by atoms with E-state index in [-0.39, 0.29) is 28.5 Å². The highest BCUT2D eigenvalue weighted by Crippen LogP contribution is 2.20. The lowest BCUT2D eigenvalue weighted by molar-refractivity contribution is -0.697. The number of hydrogen-bond acceptors (Lipinski definition) is 0. The number of nitrogens with zero attached hydrogens (tertiary/aromatic N) is 2. The van der Waals surface area contributed by atoms with Crippen LogP contribution in [-0.4, -0.2) is 4.57 Å². The van der Waals surface area contributed by atoms with Crippen molar-refractivity contribution in [3.63, 3.8) is 0 Å². The summed E-state index contributed by atoms with van der Waals surface area (Å²) < 4.78 is 38.0. The molecule has 0 aromatic carbocycles. The number of imidazole rings is 1. The van der Waals surface area contributed by atoms with E-state index in [2.05, 4.69) is 0 Å². The number of hydrogen-bond donors (Lipinski definition) is 0. The van der Waals surface area contributed by atoms with Crippen molar-refractivity contribution in [2.75, 3.05) is 0 Å². The van der Waals surface area contributed by atoms with Crippen LogP contribution in [0.3, 0.4) is 0 Å². The second-order valence-electron chi connectivity index (χ2n) is 2.88. The molecule has 1 heterocycles. The lowest BCUT2D eigenvalue weighted by Crippen LogP contribution is -3.00. The SMILES string of the molecule is CCCC[n+]1ccn(C(F)(F)F)c1.[I-]. The maximum absolute atomic E-state index is 12.1. The highest BCUT2D eigenvalue weighted by atomic mass is 127. The average Bonchev–Trinajstić information content (AvgIpc) is 2.47. The van der Waals surface area contributed by atoms with Gasteiger partial charge in [0.25, 0.3) is 6.33 Å². The van der Waals surface area contributed by atoms with E-state index < -0.39 is 6.30 Å². The Kier molecular flexibility index (Phi) is 5.46. The zero-order valence-electron chi connectivity index (χ0n) is 7.76. The molecule has 6 heteroatoms. The van der Waals surface area contributed by atoms with Gasteiger partial charge in [0.15, 0.2) is 0 Å². The van der Waals surface area contributed by atoms with E-state index in [1.165, 1.54) is 10.8 Å². The molecule has 0 aliphatic heterocycles. The molecule has 14 heavy (non-hydrogen) atoms. The first-order valence-electron chi connectivity index (χ1n) is 4.18. The molecule has 0 aliphatic rings. The molecule has 0 saturated heterocycles. The molecular formula is C8H12F3IN2. The summed E-state index contributed by atoms with van der Waals surface area (Å²) >= 11 is 0. The van der Waals surface area contributed by atoms with Crippen molar-refractivity contribution in [3.8, 4) is 0 Å². The highest BCUT2D eigenvalue weighted by Gasteiger charge is 2.37. The fourth-order valence-electron chi connectivity index (χ4n) is 1.02. The van der Waals surface area contributed by atoms with E-state index in [1.54, 1.807) is 0 Å². The number of alkyl halides is 3. The van der Waals surface area contributed by atoms with Gasteiger partial charge in [-0.1, -0.05) is 13.3 Å². The molecule has 82 valence electrons. The lowest BCUT2D eigenvalue weighted by Gasteiger charge is -1.98. The quantitative estimate of drug-likeness (QED) is 0.502. The van der Waals surface area contributed by atoms with Gasteiger partial charge in [0.1, 0.15) is 12.4 Å². The number of aromatic nitrogens is 2. The Morgan fingerprint density at radius 3 is 2.43 bits per heavy atom. The Labute approximate surface area is 97.7 Å². The summed E-state index contributed by atoms with van der Waals surface area (Å²) in [6.45, 7) is 2.64. The van der Waals surface area contributed by atoms with Gasteiger partial charge >= 0.3 is 6.30 Å². The molecule has 0 bridgehead atoms.